The van der Waals surface area contributed by atoms with Crippen LogP contribution in [0.15, 0.2) is 11.4 Å². The maximum atomic E-state index is 13.3. The summed E-state index contributed by atoms with van der Waals surface area (Å²) in [5.41, 5.74) is -13.9. The van der Waals surface area contributed by atoms with Gasteiger partial charge in [-0.3, -0.25) is 0 Å². The standard InChI is InChI=1S/C9F18/c10-2(1(4(13,14)15)5(16,17)18)3(11,12)6(7(19,20)21,8(22,23)24)9(25,26)27. The van der Waals surface area contributed by atoms with Gasteiger partial charge in [-0.05, 0) is 0 Å². The van der Waals surface area contributed by atoms with Crippen molar-refractivity contribution in [2.45, 2.75) is 36.8 Å². The predicted molar refractivity (Wildman–Crippen MR) is 45.8 cm³/mol. The molecule has 0 aliphatic heterocycles. The molecule has 0 rings (SSSR count). The zero-order valence-corrected chi connectivity index (χ0v) is 11.3. The molecule has 0 saturated carbocycles. The van der Waals surface area contributed by atoms with Crippen LogP contribution in [0.3, 0.4) is 0 Å². The van der Waals surface area contributed by atoms with Crippen LogP contribution in [0, 0.1) is 5.41 Å². The maximum absolute atomic E-state index is 13.3. The van der Waals surface area contributed by atoms with Gasteiger partial charge in [0.25, 0.3) is 0 Å². The van der Waals surface area contributed by atoms with E-state index in [-0.39, 0.29) is 0 Å². The Balaban J connectivity index is 7.57. The summed E-state index contributed by atoms with van der Waals surface area (Å²) in [6.07, 6.45) is -39.8. The lowest BCUT2D eigenvalue weighted by Gasteiger charge is -2.42. The first kappa shape index (κ1) is 25.5. The largest absolute Gasteiger partial charge is 0.424 e. The highest BCUT2D eigenvalue weighted by Gasteiger charge is 2.94. The summed E-state index contributed by atoms with van der Waals surface area (Å²) < 4.78 is 224. The summed E-state index contributed by atoms with van der Waals surface area (Å²) in [6.45, 7) is 0. The number of hydrogen-bond acceptors (Lipinski definition) is 0. The summed E-state index contributed by atoms with van der Waals surface area (Å²) in [4.78, 5) is 0. The fourth-order valence-electron chi connectivity index (χ4n) is 1.75. The van der Waals surface area contributed by atoms with Gasteiger partial charge in [-0.15, -0.1) is 0 Å². The number of alkyl halides is 17. The van der Waals surface area contributed by atoms with Crippen LogP contribution in [-0.2, 0) is 0 Å². The molecule has 0 heterocycles. The summed E-state index contributed by atoms with van der Waals surface area (Å²) in [7, 11) is 0. The van der Waals surface area contributed by atoms with E-state index in [1.807, 2.05) is 0 Å². The first-order valence-corrected chi connectivity index (χ1v) is 5.40. The van der Waals surface area contributed by atoms with Gasteiger partial charge in [0, 0.05) is 0 Å². The van der Waals surface area contributed by atoms with Gasteiger partial charge in [-0.25, -0.2) is 4.39 Å². The Hall–Kier alpha value is -1.52. The van der Waals surface area contributed by atoms with Crippen LogP contribution < -0.4 is 0 Å². The van der Waals surface area contributed by atoms with Crippen LogP contribution in [0.25, 0.3) is 0 Å². The molecule has 0 atom stereocenters. The van der Waals surface area contributed by atoms with Gasteiger partial charge in [0.05, 0.1) is 0 Å². The molecule has 0 spiro atoms. The van der Waals surface area contributed by atoms with Gasteiger partial charge in [-0.2, -0.15) is 74.6 Å². The molecular weight excluding hydrogens is 450 g/mol. The monoisotopic (exact) mass is 450 g/mol. The van der Waals surface area contributed by atoms with E-state index in [9.17, 15) is 79.0 Å². The fourth-order valence-corrected chi connectivity index (χ4v) is 1.75. The molecule has 18 heteroatoms. The SMILES string of the molecule is FC(=C(C(F)(F)F)C(F)(F)F)C(F)(F)C(C(F)(F)F)(C(F)(F)F)C(F)(F)F. The van der Waals surface area contributed by atoms with E-state index in [1.54, 1.807) is 0 Å². The Morgan fingerprint density at radius 1 is 0.407 bits per heavy atom. The Kier molecular flexibility index (Phi) is 5.90. The molecule has 162 valence electrons. The quantitative estimate of drug-likeness (QED) is 0.414. The Morgan fingerprint density at radius 2 is 0.630 bits per heavy atom. The second-order valence-corrected chi connectivity index (χ2v) is 4.50. The van der Waals surface area contributed by atoms with Crippen LogP contribution >= 0.6 is 0 Å². The van der Waals surface area contributed by atoms with E-state index in [1.165, 1.54) is 0 Å². The minimum absolute atomic E-state index is 5.30. The molecule has 0 unspecified atom stereocenters. The van der Waals surface area contributed by atoms with Crippen molar-refractivity contribution in [3.05, 3.63) is 11.4 Å². The predicted octanol–water partition coefficient (Wildman–Crippen LogP) is 6.64. The highest BCUT2D eigenvalue weighted by atomic mass is 19.4. The summed E-state index contributed by atoms with van der Waals surface area (Å²) in [5.74, 6) is -14.1. The van der Waals surface area contributed by atoms with Gasteiger partial charge in [-0.1, -0.05) is 0 Å². The third-order valence-corrected chi connectivity index (χ3v) is 2.81. The van der Waals surface area contributed by atoms with Gasteiger partial charge < -0.3 is 0 Å². The van der Waals surface area contributed by atoms with Crippen LogP contribution in [0.5, 0.6) is 0 Å². The zero-order chi connectivity index (χ0) is 22.7. The molecule has 0 aromatic carbocycles. The van der Waals surface area contributed by atoms with E-state index < -0.39 is 53.6 Å². The average Bonchev–Trinajstić information content (AvgIpc) is 2.16. The number of halogens is 18. The van der Waals surface area contributed by atoms with Gasteiger partial charge >= 0.3 is 42.2 Å². The fraction of sp³-hybridized carbons (Fsp3) is 0.778. The maximum Gasteiger partial charge on any atom is 0.424 e. The molecule has 0 aliphatic rings. The Bertz CT molecular complexity index is 518. The van der Waals surface area contributed by atoms with Crippen molar-refractivity contribution in [1.82, 2.24) is 0 Å². The molecule has 0 fully saturated rings. The molecule has 0 aliphatic carbocycles. The summed E-state index contributed by atoms with van der Waals surface area (Å²) in [6, 6.07) is 0. The minimum Gasteiger partial charge on any atom is -0.204 e. The lowest BCUT2D eigenvalue weighted by atomic mass is 9.76. The first-order chi connectivity index (χ1) is 11.3. The number of rotatable bonds is 2. The Morgan fingerprint density at radius 3 is 0.778 bits per heavy atom. The lowest BCUT2D eigenvalue weighted by Crippen LogP contribution is -2.69. The van der Waals surface area contributed by atoms with E-state index in [0.717, 1.165) is 0 Å². The molecule has 0 amide bonds. The third-order valence-electron chi connectivity index (χ3n) is 2.81. The number of hydrogen-bond donors (Lipinski definition) is 0. The molecule has 0 aromatic rings. The van der Waals surface area contributed by atoms with Crippen LogP contribution in [0.4, 0.5) is 79.0 Å². The molecule has 0 aromatic heterocycles. The second-order valence-electron chi connectivity index (χ2n) is 4.50. The topological polar surface area (TPSA) is 0 Å². The van der Waals surface area contributed by atoms with Crippen molar-refractivity contribution >= 4 is 0 Å². The molecule has 0 saturated heterocycles. The van der Waals surface area contributed by atoms with Crippen molar-refractivity contribution in [2.24, 2.45) is 5.41 Å². The van der Waals surface area contributed by atoms with Crippen molar-refractivity contribution < 1.29 is 79.0 Å². The minimum atomic E-state index is -8.62. The van der Waals surface area contributed by atoms with Crippen LogP contribution in [0.1, 0.15) is 0 Å². The molecule has 27 heavy (non-hydrogen) atoms. The zero-order valence-electron chi connectivity index (χ0n) is 11.3. The van der Waals surface area contributed by atoms with E-state index in [0.29, 0.717) is 0 Å². The van der Waals surface area contributed by atoms with Gasteiger partial charge in [0.1, 0.15) is 0 Å². The summed E-state index contributed by atoms with van der Waals surface area (Å²) in [5, 5.41) is 0. The lowest BCUT2D eigenvalue weighted by molar-refractivity contribution is -0.471. The first-order valence-electron chi connectivity index (χ1n) is 5.40. The van der Waals surface area contributed by atoms with Crippen molar-refractivity contribution in [1.29, 1.82) is 0 Å². The van der Waals surface area contributed by atoms with Crippen molar-refractivity contribution in [3.8, 4) is 0 Å². The van der Waals surface area contributed by atoms with Gasteiger partial charge in [0.2, 0.25) is 0 Å². The molecule has 0 nitrogen and oxygen atoms in total. The summed E-state index contributed by atoms with van der Waals surface area (Å²) >= 11 is 0. The molecular formula is C9F18. The highest BCUT2D eigenvalue weighted by molar-refractivity contribution is 5.29. The number of allylic oxidation sites excluding steroid dienone is 2. The van der Waals surface area contributed by atoms with Crippen molar-refractivity contribution in [3.63, 3.8) is 0 Å². The second kappa shape index (κ2) is 6.25. The Labute approximate surface area is 134 Å². The van der Waals surface area contributed by atoms with Crippen LogP contribution in [0.2, 0.25) is 0 Å². The van der Waals surface area contributed by atoms with Gasteiger partial charge in [0.15, 0.2) is 11.4 Å². The highest BCUT2D eigenvalue weighted by Crippen LogP contribution is 2.68. The van der Waals surface area contributed by atoms with E-state index in [2.05, 4.69) is 0 Å². The van der Waals surface area contributed by atoms with Crippen molar-refractivity contribution in [2.75, 3.05) is 0 Å². The van der Waals surface area contributed by atoms with E-state index in [4.69, 9.17) is 0 Å². The average molecular weight is 450 g/mol. The van der Waals surface area contributed by atoms with E-state index >= 15 is 0 Å². The smallest absolute Gasteiger partial charge is 0.204 e. The normalized spacial score (nSPS) is 15.8. The third kappa shape index (κ3) is 3.88. The van der Waals surface area contributed by atoms with Crippen LogP contribution in [-0.4, -0.2) is 36.8 Å². The molecule has 0 bridgehead atoms. The molecule has 0 radical (unpaired) electrons. The molecule has 0 N–H and O–H groups in total.